The minimum Gasteiger partial charge on any atom is -0.434 e. The van der Waals surface area contributed by atoms with Gasteiger partial charge in [-0.2, -0.15) is 17.9 Å². The molecule has 2 aromatic rings. The highest BCUT2D eigenvalue weighted by Crippen LogP contribution is 2.42. The Hall–Kier alpha value is -2.01. The molecule has 0 atom stereocenters. The summed E-state index contributed by atoms with van der Waals surface area (Å²) in [5.74, 6) is -0.236. The molecule has 12 heteroatoms. The highest BCUT2D eigenvalue weighted by molar-refractivity contribution is 6.37. The topological polar surface area (TPSA) is 74.6 Å². The number of alkyl halides is 3. The van der Waals surface area contributed by atoms with Gasteiger partial charge in [0.25, 0.3) is 0 Å². The number of amides is 1. The van der Waals surface area contributed by atoms with Crippen molar-refractivity contribution in [1.82, 2.24) is 15.1 Å². The average molecular weight is 454 g/mol. The maximum Gasteiger partial charge on any atom is 0.416 e. The maximum atomic E-state index is 12.9. The lowest BCUT2D eigenvalue weighted by Gasteiger charge is -2.23. The van der Waals surface area contributed by atoms with Crippen LogP contribution >= 0.6 is 23.2 Å². The fourth-order valence-corrected chi connectivity index (χ4v) is 3.06. The summed E-state index contributed by atoms with van der Waals surface area (Å²) < 4.78 is 55.7. The van der Waals surface area contributed by atoms with Gasteiger partial charge in [-0.3, -0.25) is 5.32 Å². The Bertz CT molecular complexity index is 904. The van der Waals surface area contributed by atoms with Crippen LogP contribution in [-0.2, 0) is 15.7 Å². The summed E-state index contributed by atoms with van der Waals surface area (Å²) in [6.45, 7) is 4.14. The molecule has 158 valence electrons. The lowest BCUT2D eigenvalue weighted by Crippen LogP contribution is -2.44. The van der Waals surface area contributed by atoms with Crippen molar-refractivity contribution < 1.29 is 32.2 Å². The predicted octanol–water partition coefficient (Wildman–Crippen LogP) is 4.90. The number of ether oxygens (including phenoxy) is 3. The predicted molar refractivity (Wildman–Crippen MR) is 97.5 cm³/mol. The molecule has 0 aliphatic carbocycles. The second-order valence-corrected chi connectivity index (χ2v) is 6.99. The van der Waals surface area contributed by atoms with Crippen molar-refractivity contribution in [2.24, 2.45) is 0 Å². The summed E-state index contributed by atoms with van der Waals surface area (Å²) in [6, 6.07) is 0.774. The molecule has 1 saturated heterocycles. The zero-order valence-electron chi connectivity index (χ0n) is 15.3. The number of carbonyl (C=O) groups excluding carboxylic acids is 1. The highest BCUT2D eigenvalue weighted by atomic mass is 35.5. The van der Waals surface area contributed by atoms with Crippen LogP contribution in [0.4, 0.5) is 18.0 Å². The normalized spacial score (nSPS) is 15.4. The van der Waals surface area contributed by atoms with Gasteiger partial charge in [-0.1, -0.05) is 23.2 Å². The van der Waals surface area contributed by atoms with Crippen molar-refractivity contribution in [3.63, 3.8) is 0 Å². The van der Waals surface area contributed by atoms with Crippen LogP contribution in [0.15, 0.2) is 12.1 Å². The summed E-state index contributed by atoms with van der Waals surface area (Å²) in [5.41, 5.74) is -0.102. The molecule has 1 N–H and O–H groups in total. The molecular weight excluding hydrogens is 438 g/mol. The molecule has 1 fully saturated rings. The third-order valence-electron chi connectivity index (χ3n) is 4.16. The highest BCUT2D eigenvalue weighted by Gasteiger charge is 2.32. The van der Waals surface area contributed by atoms with Crippen LogP contribution in [0.5, 0.6) is 11.6 Å². The van der Waals surface area contributed by atoms with E-state index < -0.39 is 24.2 Å². The summed E-state index contributed by atoms with van der Waals surface area (Å²) in [4.78, 5) is 12.4. The Kier molecular flexibility index (Phi) is 6.27. The number of hydrogen-bond acceptors (Lipinski definition) is 5. The number of nitrogens with zero attached hydrogens (tertiary/aromatic N) is 2. The zero-order valence-corrected chi connectivity index (χ0v) is 16.8. The maximum absolute atomic E-state index is 12.9. The number of hydrogen-bond donors (Lipinski definition) is 1. The molecule has 1 aliphatic rings. The van der Waals surface area contributed by atoms with Crippen LogP contribution in [0.25, 0.3) is 0 Å². The Labute approximate surface area is 173 Å². The van der Waals surface area contributed by atoms with Crippen LogP contribution in [0.3, 0.4) is 0 Å². The number of carbonyl (C=O) groups is 1. The number of benzene rings is 1. The van der Waals surface area contributed by atoms with Crippen LogP contribution in [0.1, 0.15) is 23.2 Å². The standard InChI is InChI=1S/C17H16Cl2F3N3O4/c1-8-9(2)25(15(26)23-16-27-4-3-5-28-16)24-14(8)29-13-11(18)6-10(7-12(13)19)17(20,21)22/h6-7,16H,3-5H2,1-2H3,(H,23,26). The fraction of sp³-hybridized carbons (Fsp3) is 0.412. The van der Waals surface area contributed by atoms with Gasteiger partial charge < -0.3 is 14.2 Å². The van der Waals surface area contributed by atoms with E-state index in [1.807, 2.05) is 0 Å². The summed E-state index contributed by atoms with van der Waals surface area (Å²) in [5, 5.41) is 5.88. The van der Waals surface area contributed by atoms with Crippen molar-refractivity contribution in [3.05, 3.63) is 39.0 Å². The van der Waals surface area contributed by atoms with E-state index in [1.54, 1.807) is 13.8 Å². The molecular formula is C17H16Cl2F3N3O4. The first-order valence-electron chi connectivity index (χ1n) is 8.42. The van der Waals surface area contributed by atoms with E-state index in [0.717, 1.165) is 11.1 Å². The number of halogens is 5. The molecule has 1 aliphatic heterocycles. The Balaban J connectivity index is 1.84. The van der Waals surface area contributed by atoms with Gasteiger partial charge in [0, 0.05) is 5.56 Å². The smallest absolute Gasteiger partial charge is 0.416 e. The van der Waals surface area contributed by atoms with E-state index in [1.165, 1.54) is 0 Å². The van der Waals surface area contributed by atoms with Crippen LogP contribution < -0.4 is 10.1 Å². The first-order valence-corrected chi connectivity index (χ1v) is 9.18. The molecule has 1 amide bonds. The lowest BCUT2D eigenvalue weighted by atomic mass is 10.2. The van der Waals surface area contributed by atoms with E-state index in [2.05, 4.69) is 10.4 Å². The van der Waals surface area contributed by atoms with Gasteiger partial charge >= 0.3 is 12.2 Å². The van der Waals surface area contributed by atoms with E-state index >= 15 is 0 Å². The molecule has 0 radical (unpaired) electrons. The summed E-state index contributed by atoms with van der Waals surface area (Å²) in [6.07, 6.45) is -4.79. The molecule has 1 aromatic carbocycles. The van der Waals surface area contributed by atoms with Gasteiger partial charge in [0.2, 0.25) is 12.3 Å². The van der Waals surface area contributed by atoms with Crippen molar-refractivity contribution in [2.75, 3.05) is 13.2 Å². The van der Waals surface area contributed by atoms with E-state index in [4.69, 9.17) is 37.4 Å². The number of aromatic nitrogens is 2. The first kappa shape index (κ1) is 21.7. The third kappa shape index (κ3) is 4.77. The molecule has 29 heavy (non-hydrogen) atoms. The zero-order chi connectivity index (χ0) is 21.3. The van der Waals surface area contributed by atoms with E-state index in [-0.39, 0.29) is 21.7 Å². The minimum atomic E-state index is -4.61. The van der Waals surface area contributed by atoms with Gasteiger partial charge in [0.05, 0.1) is 34.5 Å². The average Bonchev–Trinajstić information content (AvgIpc) is 2.93. The van der Waals surface area contributed by atoms with Gasteiger partial charge in [0.15, 0.2) is 5.75 Å². The molecule has 1 aromatic heterocycles. The molecule has 0 saturated carbocycles. The summed E-state index contributed by atoms with van der Waals surface area (Å²) in [7, 11) is 0. The molecule has 0 unspecified atom stereocenters. The van der Waals surface area contributed by atoms with Crippen molar-refractivity contribution in [2.45, 2.75) is 32.9 Å². The quantitative estimate of drug-likeness (QED) is 0.715. The van der Waals surface area contributed by atoms with Crippen LogP contribution in [0.2, 0.25) is 10.0 Å². The van der Waals surface area contributed by atoms with Crippen molar-refractivity contribution in [3.8, 4) is 11.6 Å². The number of nitrogens with one attached hydrogen (secondary N) is 1. The summed E-state index contributed by atoms with van der Waals surface area (Å²) >= 11 is 11.8. The fourth-order valence-electron chi connectivity index (χ4n) is 2.50. The molecule has 7 nitrogen and oxygen atoms in total. The Morgan fingerprint density at radius 3 is 2.38 bits per heavy atom. The second-order valence-electron chi connectivity index (χ2n) is 6.17. The monoisotopic (exact) mass is 453 g/mol. The largest absolute Gasteiger partial charge is 0.434 e. The lowest BCUT2D eigenvalue weighted by molar-refractivity contribution is -0.187. The van der Waals surface area contributed by atoms with Gasteiger partial charge in [-0.25, -0.2) is 4.79 Å². The van der Waals surface area contributed by atoms with E-state index in [0.29, 0.717) is 36.6 Å². The minimum absolute atomic E-state index is 0.0355. The second kappa shape index (κ2) is 8.39. The van der Waals surface area contributed by atoms with Crippen LogP contribution in [0, 0.1) is 13.8 Å². The number of rotatable bonds is 3. The van der Waals surface area contributed by atoms with Gasteiger partial charge in [0.1, 0.15) is 0 Å². The van der Waals surface area contributed by atoms with Crippen molar-refractivity contribution in [1.29, 1.82) is 0 Å². The molecule has 3 rings (SSSR count). The molecule has 0 spiro atoms. The van der Waals surface area contributed by atoms with Crippen LogP contribution in [-0.4, -0.2) is 35.4 Å². The Morgan fingerprint density at radius 1 is 1.24 bits per heavy atom. The van der Waals surface area contributed by atoms with E-state index in [9.17, 15) is 18.0 Å². The Morgan fingerprint density at radius 2 is 1.83 bits per heavy atom. The molecule has 0 bridgehead atoms. The first-order chi connectivity index (χ1) is 13.6. The van der Waals surface area contributed by atoms with Crippen molar-refractivity contribution >= 4 is 29.2 Å². The molecule has 2 heterocycles. The van der Waals surface area contributed by atoms with Gasteiger partial charge in [-0.05, 0) is 32.4 Å². The third-order valence-corrected chi connectivity index (χ3v) is 4.72. The van der Waals surface area contributed by atoms with Gasteiger partial charge in [-0.15, -0.1) is 5.10 Å². The SMILES string of the molecule is Cc1c(Oc2c(Cl)cc(C(F)(F)F)cc2Cl)nn(C(=O)NC2OCCCO2)c1C.